The molecule has 42 heavy (non-hydrogen) atoms. The summed E-state index contributed by atoms with van der Waals surface area (Å²) in [4.78, 5) is 29.7. The van der Waals surface area contributed by atoms with Crippen molar-refractivity contribution in [2.45, 2.75) is 64.1 Å². The molecule has 0 spiro atoms. The van der Waals surface area contributed by atoms with E-state index < -0.39 is 28.5 Å². The van der Waals surface area contributed by atoms with Crippen molar-refractivity contribution in [1.29, 1.82) is 0 Å². The lowest BCUT2D eigenvalue weighted by molar-refractivity contribution is -0.140. The number of sulfonamides is 1. The van der Waals surface area contributed by atoms with Gasteiger partial charge in [0.05, 0.1) is 11.9 Å². The fourth-order valence-electron chi connectivity index (χ4n) is 5.28. The van der Waals surface area contributed by atoms with Crippen LogP contribution in [0.15, 0.2) is 77.3 Å². The summed E-state index contributed by atoms with van der Waals surface area (Å²) in [6.07, 6.45) is 6.43. The molecule has 0 heterocycles. The van der Waals surface area contributed by atoms with E-state index in [-0.39, 0.29) is 24.9 Å². The first-order valence-electron chi connectivity index (χ1n) is 14.1. The average molecular weight is 675 g/mol. The predicted octanol–water partition coefficient (Wildman–Crippen LogP) is 6.27. The molecule has 0 saturated heterocycles. The van der Waals surface area contributed by atoms with Gasteiger partial charge in [-0.15, -0.1) is 0 Å². The number of amides is 2. The molecule has 224 valence electrons. The minimum absolute atomic E-state index is 0.0512. The number of halogens is 2. The molecular formula is C32H37BrClN3O4S. The van der Waals surface area contributed by atoms with E-state index in [0.717, 1.165) is 63.8 Å². The largest absolute Gasteiger partial charge is 0.352 e. The highest BCUT2D eigenvalue weighted by Gasteiger charge is 2.34. The van der Waals surface area contributed by atoms with Crippen LogP contribution >= 0.6 is 27.5 Å². The van der Waals surface area contributed by atoms with E-state index in [1.54, 1.807) is 30.3 Å². The quantitative estimate of drug-likeness (QED) is 0.260. The van der Waals surface area contributed by atoms with Crippen LogP contribution in [0.25, 0.3) is 0 Å². The lowest BCUT2D eigenvalue weighted by Crippen LogP contribution is -2.55. The number of carbonyl (C=O) groups excluding carboxylic acids is 2. The van der Waals surface area contributed by atoms with Crippen molar-refractivity contribution in [2.24, 2.45) is 0 Å². The van der Waals surface area contributed by atoms with Gasteiger partial charge in [-0.05, 0) is 66.8 Å². The summed E-state index contributed by atoms with van der Waals surface area (Å²) in [5, 5.41) is 3.76. The minimum atomic E-state index is -3.83. The first kappa shape index (κ1) is 32.0. The summed E-state index contributed by atoms with van der Waals surface area (Å²) >= 11 is 9.58. The summed E-state index contributed by atoms with van der Waals surface area (Å²) < 4.78 is 27.9. The SMILES string of the molecule is Cc1cc(N(CC(=O)N(Cc2ccc(Cl)cc2)[C@@H](Cc2ccccc2)C(=O)NC2CCCCC2)S(C)(=O)=O)ccc1Br. The maximum Gasteiger partial charge on any atom is 0.244 e. The molecule has 1 atom stereocenters. The minimum Gasteiger partial charge on any atom is -0.352 e. The lowest BCUT2D eigenvalue weighted by atomic mass is 9.94. The molecule has 0 aromatic heterocycles. The molecule has 0 radical (unpaired) electrons. The second-order valence-electron chi connectivity index (χ2n) is 10.9. The van der Waals surface area contributed by atoms with Crippen LogP contribution < -0.4 is 9.62 Å². The first-order chi connectivity index (χ1) is 20.0. The van der Waals surface area contributed by atoms with Crippen LogP contribution in [0.1, 0.15) is 48.8 Å². The van der Waals surface area contributed by atoms with E-state index in [4.69, 9.17) is 11.6 Å². The predicted molar refractivity (Wildman–Crippen MR) is 172 cm³/mol. The summed E-state index contributed by atoms with van der Waals surface area (Å²) in [7, 11) is -3.83. The molecular weight excluding hydrogens is 638 g/mol. The Labute approximate surface area is 262 Å². The number of hydrogen-bond donors (Lipinski definition) is 1. The van der Waals surface area contributed by atoms with Gasteiger partial charge in [-0.25, -0.2) is 8.42 Å². The second kappa shape index (κ2) is 14.5. The van der Waals surface area contributed by atoms with Gasteiger partial charge >= 0.3 is 0 Å². The van der Waals surface area contributed by atoms with Crippen molar-refractivity contribution < 1.29 is 18.0 Å². The third-order valence-corrected chi connectivity index (χ3v) is 9.88. The number of benzene rings is 3. The zero-order valence-electron chi connectivity index (χ0n) is 23.9. The maximum atomic E-state index is 14.2. The van der Waals surface area contributed by atoms with Crippen molar-refractivity contribution in [3.8, 4) is 0 Å². The molecule has 10 heteroatoms. The molecule has 7 nitrogen and oxygen atoms in total. The molecule has 4 rings (SSSR count). The van der Waals surface area contributed by atoms with Crippen LogP contribution in [0, 0.1) is 6.92 Å². The number of nitrogens with zero attached hydrogens (tertiary/aromatic N) is 2. The van der Waals surface area contributed by atoms with Gasteiger partial charge in [-0.2, -0.15) is 0 Å². The van der Waals surface area contributed by atoms with Gasteiger partial charge in [0.2, 0.25) is 21.8 Å². The molecule has 0 aliphatic heterocycles. The highest BCUT2D eigenvalue weighted by atomic mass is 79.9. The first-order valence-corrected chi connectivity index (χ1v) is 17.2. The van der Waals surface area contributed by atoms with E-state index in [9.17, 15) is 18.0 Å². The fraction of sp³-hybridized carbons (Fsp3) is 0.375. The Morgan fingerprint density at radius 3 is 2.26 bits per heavy atom. The van der Waals surface area contributed by atoms with Crippen LogP contribution in [0.2, 0.25) is 5.02 Å². The van der Waals surface area contributed by atoms with Gasteiger partial charge < -0.3 is 10.2 Å². The standard InChI is InChI=1S/C32H37BrClN3O4S/c1-23-19-28(17-18-29(23)33)37(42(2,40)41)22-31(38)36(21-25-13-15-26(34)16-14-25)30(20-24-9-5-3-6-10-24)32(39)35-27-11-7-4-8-12-27/h3,5-6,9-10,13-19,27,30H,4,7-8,11-12,20-22H2,1-2H3,(H,35,39)/t30-/m0/s1. The van der Waals surface area contributed by atoms with Gasteiger partial charge in [0, 0.05) is 28.5 Å². The number of aryl methyl sites for hydroxylation is 1. The highest BCUT2D eigenvalue weighted by molar-refractivity contribution is 9.10. The summed E-state index contributed by atoms with van der Waals surface area (Å²) in [5.74, 6) is -0.714. The van der Waals surface area contributed by atoms with Crippen molar-refractivity contribution in [3.63, 3.8) is 0 Å². The number of carbonyl (C=O) groups is 2. The Bertz CT molecular complexity index is 1480. The lowest BCUT2D eigenvalue weighted by Gasteiger charge is -2.35. The Balaban J connectivity index is 1.72. The molecule has 1 saturated carbocycles. The number of rotatable bonds is 11. The molecule has 1 fully saturated rings. The van der Waals surface area contributed by atoms with Gasteiger partial charge in [-0.3, -0.25) is 13.9 Å². The smallest absolute Gasteiger partial charge is 0.244 e. The molecule has 1 aliphatic carbocycles. The van der Waals surface area contributed by atoms with Gasteiger partial charge in [0.15, 0.2) is 0 Å². The molecule has 2 amide bonds. The third-order valence-electron chi connectivity index (χ3n) is 7.60. The van der Waals surface area contributed by atoms with Crippen molar-refractivity contribution in [2.75, 3.05) is 17.1 Å². The normalized spacial score (nSPS) is 14.7. The van der Waals surface area contributed by atoms with Crippen molar-refractivity contribution >= 4 is 55.1 Å². The summed E-state index contributed by atoms with van der Waals surface area (Å²) in [6, 6.07) is 21.0. The molecule has 1 N–H and O–H groups in total. The summed E-state index contributed by atoms with van der Waals surface area (Å²) in [6.45, 7) is 1.52. The molecule has 3 aromatic carbocycles. The third kappa shape index (κ3) is 8.82. The molecule has 0 unspecified atom stereocenters. The number of anilines is 1. The molecule has 0 bridgehead atoms. The summed E-state index contributed by atoms with van der Waals surface area (Å²) in [5.41, 5.74) is 2.89. The molecule has 1 aliphatic rings. The van der Waals surface area contributed by atoms with Gasteiger partial charge in [0.25, 0.3) is 0 Å². The van der Waals surface area contributed by atoms with Crippen LogP contribution in [0.5, 0.6) is 0 Å². The number of nitrogens with one attached hydrogen (secondary N) is 1. The Morgan fingerprint density at radius 2 is 1.64 bits per heavy atom. The van der Waals surface area contributed by atoms with E-state index >= 15 is 0 Å². The molecule has 3 aromatic rings. The topological polar surface area (TPSA) is 86.8 Å². The van der Waals surface area contributed by atoms with E-state index in [1.807, 2.05) is 49.4 Å². The van der Waals surface area contributed by atoms with Gasteiger partial charge in [0.1, 0.15) is 12.6 Å². The van der Waals surface area contributed by atoms with E-state index in [1.165, 1.54) is 4.90 Å². The van der Waals surface area contributed by atoms with Crippen molar-refractivity contribution in [1.82, 2.24) is 10.2 Å². The van der Waals surface area contributed by atoms with E-state index in [2.05, 4.69) is 21.2 Å². The monoisotopic (exact) mass is 673 g/mol. The maximum absolute atomic E-state index is 14.2. The van der Waals surface area contributed by atoms with E-state index in [0.29, 0.717) is 10.7 Å². The fourth-order valence-corrected chi connectivity index (χ4v) is 6.50. The van der Waals surface area contributed by atoms with Gasteiger partial charge in [-0.1, -0.05) is 89.3 Å². The van der Waals surface area contributed by atoms with Crippen LogP contribution in [0.3, 0.4) is 0 Å². The number of hydrogen-bond acceptors (Lipinski definition) is 4. The highest BCUT2D eigenvalue weighted by Crippen LogP contribution is 2.26. The zero-order valence-corrected chi connectivity index (χ0v) is 27.1. The van der Waals surface area contributed by atoms with Crippen LogP contribution in [0.4, 0.5) is 5.69 Å². The Morgan fingerprint density at radius 1 is 0.976 bits per heavy atom. The van der Waals surface area contributed by atoms with Crippen LogP contribution in [-0.2, 0) is 32.6 Å². The second-order valence-corrected chi connectivity index (χ2v) is 14.1. The van der Waals surface area contributed by atoms with Crippen molar-refractivity contribution in [3.05, 3.63) is 99.0 Å². The zero-order chi connectivity index (χ0) is 30.3. The Hall–Kier alpha value is -2.88. The average Bonchev–Trinajstić information content (AvgIpc) is 2.96. The van der Waals surface area contributed by atoms with Crippen LogP contribution in [-0.4, -0.2) is 50.0 Å². The Kier molecular flexibility index (Phi) is 11.1.